The van der Waals surface area contributed by atoms with E-state index in [1.807, 2.05) is 0 Å². The van der Waals surface area contributed by atoms with Crippen molar-refractivity contribution in [3.05, 3.63) is 0 Å². The lowest BCUT2D eigenvalue weighted by Crippen LogP contribution is -2.03. The number of carbonyl (C=O) groups is 4. The van der Waals surface area contributed by atoms with E-state index in [1.165, 1.54) is 0 Å². The Morgan fingerprint density at radius 1 is 0.571 bits per heavy atom. The van der Waals surface area contributed by atoms with Crippen molar-refractivity contribution < 1.29 is 69.0 Å². The molecule has 0 aliphatic carbocycles. The van der Waals surface area contributed by atoms with Crippen LogP contribution >= 0.6 is 45.5 Å². The van der Waals surface area contributed by atoms with Crippen molar-refractivity contribution in [1.82, 2.24) is 0 Å². The molecule has 3 N–H and O–H groups in total. The maximum absolute atomic E-state index is 10.9. The maximum Gasteiger partial charge on any atom is 0.356 e. The van der Waals surface area contributed by atoms with Crippen molar-refractivity contribution in [2.45, 2.75) is 89.9 Å². The highest BCUT2D eigenvalue weighted by Crippen LogP contribution is 2.09. The summed E-state index contributed by atoms with van der Waals surface area (Å²) in [4.78, 5) is 42.0. The summed E-state index contributed by atoms with van der Waals surface area (Å²) in [5.41, 5.74) is 0. The minimum Gasteiger partial charge on any atom is -0.726 e. The molecular formula is C21H37Cl4O15S2-. The van der Waals surface area contributed by atoms with Crippen LogP contribution in [0, 0.1) is 0 Å². The molecule has 0 saturated heterocycles. The van der Waals surface area contributed by atoms with E-state index in [4.69, 9.17) is 62.5 Å². The number of ether oxygens (including phenoxy) is 2. The standard InChI is InChI=1S/C11H18Cl2O4.C9H16O4.CH2Cl2O3S.H2O4S/c12-8-16-10(14)6-4-2-1-3-5-7-11(15)17-9-13;10-8(11)6-4-2-1-3-5-7-9(12)13;2-1-6-7(3,4)5;1-5(2,3)4/h1-9H2;1-7H2,(H,10,11)(H,12,13);1H2;(H2,1,2,3,4)/p-1. The summed E-state index contributed by atoms with van der Waals surface area (Å²) in [7, 11) is -4.25. The van der Waals surface area contributed by atoms with Crippen LogP contribution in [0.2, 0.25) is 0 Å². The van der Waals surface area contributed by atoms with Crippen LogP contribution in [0.15, 0.2) is 0 Å². The zero-order valence-electron chi connectivity index (χ0n) is 22.6. The second kappa shape index (κ2) is 32.7. The third kappa shape index (κ3) is 66.9. The maximum atomic E-state index is 10.9. The number of esters is 2. The molecule has 0 aromatic rings. The Balaban J connectivity index is -0.000000253. The molecule has 15 nitrogen and oxygen atoms in total. The molecule has 0 radical (unpaired) electrons. The van der Waals surface area contributed by atoms with Crippen molar-refractivity contribution in [1.29, 1.82) is 0 Å². The molecule has 0 saturated carbocycles. The molecule has 0 aliphatic rings. The number of hydrogen-bond donors (Lipinski definition) is 3. The van der Waals surface area contributed by atoms with Gasteiger partial charge in [-0.25, -0.2) is 12.6 Å². The van der Waals surface area contributed by atoms with Gasteiger partial charge in [0.1, 0.15) is 6.07 Å². The molecule has 21 heteroatoms. The van der Waals surface area contributed by atoms with Crippen LogP contribution in [0.25, 0.3) is 0 Å². The molecule has 0 unspecified atom stereocenters. The molecule has 252 valence electrons. The SMILES string of the molecule is O=C(CCCCCCCC(=O)OCCl)OCCl.O=C(O)CCCCCCCC(=O)O.O=S(=O)(Cl)OCCl.O=S(=O)([O-])O. The minimum atomic E-state index is -4.92. The van der Waals surface area contributed by atoms with E-state index in [-0.39, 0.29) is 36.9 Å². The Bertz CT molecular complexity index is 869. The number of aliphatic carboxylic acids is 2. The van der Waals surface area contributed by atoms with E-state index in [1.54, 1.807) is 0 Å². The van der Waals surface area contributed by atoms with E-state index in [9.17, 15) is 27.6 Å². The lowest BCUT2D eigenvalue weighted by Gasteiger charge is -2.02. The Hall–Kier alpha value is -1.18. The number of unbranched alkanes of at least 4 members (excludes halogenated alkanes) is 8. The monoisotopic (exact) mass is 733 g/mol. The molecule has 0 bridgehead atoms. The summed E-state index contributed by atoms with van der Waals surface area (Å²) in [6.45, 7) is 0. The summed E-state index contributed by atoms with van der Waals surface area (Å²) in [5.74, 6) is -2.03. The summed E-state index contributed by atoms with van der Waals surface area (Å²) in [6, 6.07) is -0.602. The number of carbonyl (C=O) groups excluding carboxylic acids is 2. The third-order valence-electron chi connectivity index (χ3n) is 4.16. The molecule has 0 amide bonds. The fourth-order valence-electron chi connectivity index (χ4n) is 2.47. The van der Waals surface area contributed by atoms with Crippen molar-refractivity contribution in [3.63, 3.8) is 0 Å². The molecule has 42 heavy (non-hydrogen) atoms. The predicted molar refractivity (Wildman–Crippen MR) is 152 cm³/mol. The predicted octanol–water partition coefficient (Wildman–Crippen LogP) is 4.77. The summed E-state index contributed by atoms with van der Waals surface area (Å²) < 4.78 is 65.1. The number of carboxylic acids is 2. The number of alkyl halides is 3. The lowest BCUT2D eigenvalue weighted by atomic mass is 10.1. The number of rotatable bonds is 20. The van der Waals surface area contributed by atoms with Gasteiger partial charge in [-0.15, -0.1) is 0 Å². The summed E-state index contributed by atoms with van der Waals surface area (Å²) in [6.07, 6.45) is 9.80. The van der Waals surface area contributed by atoms with Gasteiger partial charge >= 0.3 is 33.2 Å². The normalized spacial score (nSPS) is 10.4. The molecule has 0 aromatic heterocycles. The van der Waals surface area contributed by atoms with Gasteiger partial charge in [0.05, 0.1) is 0 Å². The molecule has 0 atom stereocenters. The highest BCUT2D eigenvalue weighted by atomic mass is 35.7. The minimum absolute atomic E-state index is 0.0818. The first-order valence-electron chi connectivity index (χ1n) is 12.1. The average Bonchev–Trinajstić information content (AvgIpc) is 2.82. The van der Waals surface area contributed by atoms with Gasteiger partial charge in [-0.3, -0.25) is 23.7 Å². The largest absolute Gasteiger partial charge is 0.726 e. The van der Waals surface area contributed by atoms with Gasteiger partial charge in [-0.2, -0.15) is 8.42 Å². The topological polar surface area (TPSA) is 248 Å². The molecular weight excluding hydrogens is 698 g/mol. The lowest BCUT2D eigenvalue weighted by molar-refractivity contribution is -0.142. The molecule has 0 rings (SSSR count). The second-order valence-electron chi connectivity index (χ2n) is 7.62. The zero-order valence-corrected chi connectivity index (χ0v) is 27.2. The van der Waals surface area contributed by atoms with E-state index < -0.39 is 37.7 Å². The van der Waals surface area contributed by atoms with Gasteiger partial charge in [0.15, 0.2) is 12.1 Å². The quantitative estimate of drug-likeness (QED) is 0.0380. The third-order valence-corrected chi connectivity index (χ3v) is 5.28. The first-order valence-corrected chi connectivity index (χ1v) is 17.3. The van der Waals surface area contributed by atoms with Gasteiger partial charge in [0, 0.05) is 36.4 Å². The van der Waals surface area contributed by atoms with Gasteiger partial charge in [0.2, 0.25) is 10.4 Å². The fourth-order valence-corrected chi connectivity index (χ4v) is 3.44. The highest BCUT2D eigenvalue weighted by Gasteiger charge is 2.03. The molecule has 0 aliphatic heterocycles. The number of carboxylic acid groups (broad SMARTS) is 2. The number of hydrogen-bond acceptors (Lipinski definition) is 12. The van der Waals surface area contributed by atoms with E-state index in [0.29, 0.717) is 25.7 Å². The Kier molecular flexibility index (Phi) is 37.2. The molecule has 0 fully saturated rings. The Morgan fingerprint density at radius 2 is 0.833 bits per heavy atom. The van der Waals surface area contributed by atoms with Crippen LogP contribution in [0.3, 0.4) is 0 Å². The zero-order chi connectivity index (χ0) is 33.5. The first kappa shape index (κ1) is 47.7. The van der Waals surface area contributed by atoms with Crippen LogP contribution < -0.4 is 0 Å². The number of halogens is 4. The van der Waals surface area contributed by atoms with Crippen LogP contribution in [0.1, 0.15) is 89.9 Å². The smallest absolute Gasteiger partial charge is 0.356 e. The molecule has 0 heterocycles. The Morgan fingerprint density at radius 3 is 1.02 bits per heavy atom. The van der Waals surface area contributed by atoms with Gasteiger partial charge in [-0.1, -0.05) is 73.3 Å². The van der Waals surface area contributed by atoms with Crippen molar-refractivity contribution >= 4 is 89.1 Å². The average molecular weight is 735 g/mol. The van der Waals surface area contributed by atoms with Crippen molar-refractivity contribution in [3.8, 4) is 0 Å². The molecule has 0 spiro atoms. The Labute approximate surface area is 265 Å². The molecule has 0 aromatic carbocycles. The van der Waals surface area contributed by atoms with E-state index >= 15 is 0 Å². The first-order chi connectivity index (χ1) is 19.4. The van der Waals surface area contributed by atoms with Crippen LogP contribution in [0.5, 0.6) is 0 Å². The van der Waals surface area contributed by atoms with Gasteiger partial charge in [0.25, 0.3) is 0 Å². The van der Waals surface area contributed by atoms with Crippen LogP contribution in [-0.2, 0) is 52.6 Å². The highest BCUT2D eigenvalue weighted by molar-refractivity contribution is 8.10. The van der Waals surface area contributed by atoms with Gasteiger partial charge in [-0.05, 0) is 25.7 Å². The van der Waals surface area contributed by atoms with Crippen molar-refractivity contribution in [2.24, 2.45) is 0 Å². The van der Waals surface area contributed by atoms with Crippen LogP contribution in [-0.4, -0.2) is 78.2 Å². The second-order valence-corrected chi connectivity index (χ2v) is 11.3. The van der Waals surface area contributed by atoms with E-state index in [0.717, 1.165) is 51.4 Å². The van der Waals surface area contributed by atoms with E-state index in [2.05, 4.69) is 24.3 Å². The fraction of sp³-hybridized carbons (Fsp3) is 0.810. The summed E-state index contributed by atoms with van der Waals surface area (Å²) in [5, 5.41) is 16.6. The van der Waals surface area contributed by atoms with Gasteiger partial charge < -0.3 is 24.2 Å². The summed E-state index contributed by atoms with van der Waals surface area (Å²) >= 11 is 15.3. The van der Waals surface area contributed by atoms with Crippen LogP contribution in [0.4, 0.5) is 0 Å². The van der Waals surface area contributed by atoms with Crippen molar-refractivity contribution in [2.75, 3.05) is 18.2 Å².